The molecule has 0 amide bonds. The van der Waals surface area contributed by atoms with Crippen molar-refractivity contribution in [1.29, 1.82) is 0 Å². The van der Waals surface area contributed by atoms with Gasteiger partial charge >= 0.3 is 5.97 Å². The molecule has 0 unspecified atom stereocenters. The largest absolute Gasteiger partial charge is 0.467 e. The summed E-state index contributed by atoms with van der Waals surface area (Å²) in [7, 11) is -3.36. The first-order valence-corrected chi connectivity index (χ1v) is 15.9. The molecular weight excluding hydrogens is 406 g/mol. The van der Waals surface area contributed by atoms with Gasteiger partial charge in [0.05, 0.1) is 19.3 Å². The maximum atomic E-state index is 12.8. The zero-order chi connectivity index (χ0) is 23.1. The van der Waals surface area contributed by atoms with Crippen molar-refractivity contribution in [2.45, 2.75) is 109 Å². The Kier molecular flexibility index (Phi) is 7.49. The van der Waals surface area contributed by atoms with Gasteiger partial charge in [-0.05, 0) is 53.8 Å². The van der Waals surface area contributed by atoms with E-state index in [0.29, 0.717) is 0 Å². The van der Waals surface area contributed by atoms with Crippen LogP contribution in [0.3, 0.4) is 0 Å². The number of methoxy groups -OCH3 is 1. The van der Waals surface area contributed by atoms with E-state index in [1.165, 1.54) is 7.11 Å². The van der Waals surface area contributed by atoms with Gasteiger partial charge in [0, 0.05) is 4.91 Å². The van der Waals surface area contributed by atoms with Gasteiger partial charge in [-0.25, -0.2) is 4.79 Å². The highest BCUT2D eigenvalue weighted by Crippen LogP contribution is 2.47. The molecule has 0 aliphatic carbocycles. The molecule has 1 saturated heterocycles. The third kappa shape index (κ3) is 5.06. The Morgan fingerprint density at radius 2 is 1.48 bits per heavy atom. The summed E-state index contributed by atoms with van der Waals surface area (Å²) in [4.78, 5) is 15.7. The van der Waals surface area contributed by atoms with Crippen LogP contribution >= 0.6 is 0 Å². The number of rotatable bonds is 6. The topological polar surface area (TPSA) is 103 Å². The summed E-state index contributed by atoms with van der Waals surface area (Å²) in [5.41, 5.74) is 7.33. The first-order valence-electron chi connectivity index (χ1n) is 10.0. The Morgan fingerprint density at radius 3 is 1.86 bits per heavy atom. The number of hydrogen-bond acceptors (Lipinski definition) is 6. The van der Waals surface area contributed by atoms with E-state index < -0.39 is 46.6 Å². The molecule has 0 bridgehead atoms. The average molecular weight is 446 g/mol. The van der Waals surface area contributed by atoms with Gasteiger partial charge in [0.25, 0.3) is 5.72 Å². The second-order valence-electron chi connectivity index (χ2n) is 10.8. The second kappa shape index (κ2) is 8.32. The van der Waals surface area contributed by atoms with E-state index in [9.17, 15) is 10.3 Å². The summed E-state index contributed by atoms with van der Waals surface area (Å²) in [5.74, 6) is -0.771. The highest BCUT2D eigenvalue weighted by Gasteiger charge is 2.63. The molecule has 0 aromatic carbocycles. The molecule has 4 atom stereocenters. The molecule has 0 saturated carbocycles. The fourth-order valence-corrected chi connectivity index (χ4v) is 5.33. The van der Waals surface area contributed by atoms with Gasteiger partial charge < -0.3 is 18.3 Å². The van der Waals surface area contributed by atoms with Crippen molar-refractivity contribution in [3.63, 3.8) is 0 Å². The van der Waals surface area contributed by atoms with Gasteiger partial charge in [0.1, 0.15) is 6.10 Å². The van der Waals surface area contributed by atoms with Crippen LogP contribution in [0, 0.1) is 0 Å². The molecule has 0 spiro atoms. The fraction of sp³-hybridized carbons (Fsp3) is 0.947. The fourth-order valence-electron chi connectivity index (χ4n) is 2.70. The maximum absolute atomic E-state index is 12.8. The summed E-state index contributed by atoms with van der Waals surface area (Å²) in [6.07, 6.45) is -1.96. The van der Waals surface area contributed by atoms with E-state index in [2.05, 4.69) is 77.8 Å². The molecule has 1 heterocycles. The van der Waals surface area contributed by atoms with Gasteiger partial charge in [-0.1, -0.05) is 41.5 Å². The third-order valence-electron chi connectivity index (χ3n) is 6.65. The zero-order valence-electron chi connectivity index (χ0n) is 20.1. The molecule has 1 aliphatic rings. The van der Waals surface area contributed by atoms with Gasteiger partial charge in [-0.2, -0.15) is 0 Å². The predicted octanol–water partition coefficient (Wildman–Crippen LogP) is 5.37. The minimum absolute atomic E-state index is 0.0523. The number of hydrogen-bond donors (Lipinski definition) is 0. The highest BCUT2D eigenvalue weighted by atomic mass is 28.4. The first-order chi connectivity index (χ1) is 12.9. The van der Waals surface area contributed by atoms with E-state index in [0.717, 1.165) is 0 Å². The Bertz CT molecular complexity index is 666. The molecule has 0 aromatic heterocycles. The van der Waals surface area contributed by atoms with Crippen LogP contribution in [0.5, 0.6) is 0 Å². The quantitative estimate of drug-likeness (QED) is 0.180. The molecule has 168 valence electrons. The van der Waals surface area contributed by atoms with Crippen molar-refractivity contribution >= 4 is 22.6 Å². The predicted molar refractivity (Wildman–Crippen MR) is 119 cm³/mol. The molecule has 0 N–H and O–H groups in total. The molecule has 8 nitrogen and oxygen atoms in total. The SMILES string of the molecule is COC(=O)[C@@]1(N=[N+]=[N-])O[C@@H](C)[C@H](O[Si](C)(C)C(C)(C)C)[C@H]1O[Si](C)(C)C(C)(C)C. The molecular formula is C19H39N3O5Si2. The van der Waals surface area contributed by atoms with Crippen molar-refractivity contribution in [1.82, 2.24) is 0 Å². The lowest BCUT2D eigenvalue weighted by atomic mass is 10.0. The highest BCUT2D eigenvalue weighted by molar-refractivity contribution is 6.74. The zero-order valence-corrected chi connectivity index (χ0v) is 22.1. The van der Waals surface area contributed by atoms with Crippen molar-refractivity contribution in [2.24, 2.45) is 5.11 Å². The summed E-state index contributed by atoms with van der Waals surface area (Å²) >= 11 is 0. The lowest BCUT2D eigenvalue weighted by Gasteiger charge is -2.44. The minimum Gasteiger partial charge on any atom is -0.467 e. The van der Waals surface area contributed by atoms with E-state index in [4.69, 9.17) is 18.3 Å². The number of nitrogens with zero attached hydrogens (tertiary/aromatic N) is 3. The summed E-state index contributed by atoms with van der Waals surface area (Å²) in [6, 6.07) is 0. The van der Waals surface area contributed by atoms with Gasteiger partial charge in [0.15, 0.2) is 16.6 Å². The summed E-state index contributed by atoms with van der Waals surface area (Å²) in [5, 5.41) is 3.60. The van der Waals surface area contributed by atoms with Crippen LogP contribution in [0.4, 0.5) is 0 Å². The van der Waals surface area contributed by atoms with Crippen molar-refractivity contribution in [3.8, 4) is 0 Å². The molecule has 1 fully saturated rings. The van der Waals surface area contributed by atoms with Crippen molar-refractivity contribution in [3.05, 3.63) is 10.4 Å². The van der Waals surface area contributed by atoms with Crippen LogP contribution in [0.25, 0.3) is 10.4 Å². The van der Waals surface area contributed by atoms with Gasteiger partial charge in [0.2, 0.25) is 0 Å². The average Bonchev–Trinajstić information content (AvgIpc) is 2.77. The number of ether oxygens (including phenoxy) is 2. The molecule has 10 heteroatoms. The number of carbonyl (C=O) groups is 1. The monoisotopic (exact) mass is 445 g/mol. The number of carbonyl (C=O) groups excluding carboxylic acids is 1. The molecule has 1 rings (SSSR count). The number of esters is 1. The third-order valence-corrected chi connectivity index (χ3v) is 15.6. The smallest absolute Gasteiger partial charge is 0.347 e. The molecule has 1 aliphatic heterocycles. The van der Waals surface area contributed by atoms with Crippen molar-refractivity contribution in [2.75, 3.05) is 7.11 Å². The van der Waals surface area contributed by atoms with Crippen LogP contribution in [-0.2, 0) is 23.1 Å². The minimum atomic E-state index is -2.37. The number of azide groups is 1. The van der Waals surface area contributed by atoms with Crippen LogP contribution in [-0.4, -0.2) is 53.8 Å². The van der Waals surface area contributed by atoms with Gasteiger partial charge in [-0.3, -0.25) is 0 Å². The first kappa shape index (κ1) is 26.1. The Morgan fingerprint density at radius 1 is 1.03 bits per heavy atom. The molecule has 0 radical (unpaired) electrons. The van der Waals surface area contributed by atoms with Crippen LogP contribution in [0.15, 0.2) is 5.11 Å². The second-order valence-corrected chi connectivity index (χ2v) is 20.4. The molecule has 29 heavy (non-hydrogen) atoms. The van der Waals surface area contributed by atoms with Gasteiger partial charge in [-0.15, -0.1) is 0 Å². The molecule has 0 aromatic rings. The van der Waals surface area contributed by atoms with Crippen LogP contribution in [0.1, 0.15) is 48.5 Å². The normalized spacial score (nSPS) is 28.8. The Labute approximate surface area is 177 Å². The summed E-state index contributed by atoms with van der Waals surface area (Å²) in [6.45, 7) is 23.0. The van der Waals surface area contributed by atoms with Crippen LogP contribution < -0.4 is 0 Å². The lowest BCUT2D eigenvalue weighted by molar-refractivity contribution is -0.173. The van der Waals surface area contributed by atoms with E-state index in [1.54, 1.807) is 0 Å². The van der Waals surface area contributed by atoms with E-state index >= 15 is 0 Å². The van der Waals surface area contributed by atoms with Crippen LogP contribution in [0.2, 0.25) is 36.3 Å². The van der Waals surface area contributed by atoms with E-state index in [-0.39, 0.29) is 10.1 Å². The Hall–Kier alpha value is -0.906. The maximum Gasteiger partial charge on any atom is 0.347 e. The Balaban J connectivity index is 3.58. The summed E-state index contributed by atoms with van der Waals surface area (Å²) < 4.78 is 24.3. The lowest BCUT2D eigenvalue weighted by Crippen LogP contribution is -2.58. The van der Waals surface area contributed by atoms with E-state index in [1.807, 2.05) is 6.92 Å². The van der Waals surface area contributed by atoms with Crippen molar-refractivity contribution < 1.29 is 23.1 Å². The standard InChI is InChI=1S/C19H39N3O5Si2/c1-13-14(26-28(9,10)17(2,3)4)15(27-29(11,12)18(5,6)7)19(25-13,21-22-20)16(23)24-8/h13-15H,1-12H3/t13-,14-,15+,19-/m0/s1.